The molecule has 0 spiro atoms. The van der Waals surface area contributed by atoms with Gasteiger partial charge in [0.2, 0.25) is 0 Å². The van der Waals surface area contributed by atoms with Crippen LogP contribution in [0.2, 0.25) is 0 Å². The second-order valence-corrected chi connectivity index (χ2v) is 6.78. The number of carbonyl (C=O) groups excluding carboxylic acids is 1. The summed E-state index contributed by atoms with van der Waals surface area (Å²) in [7, 11) is 0. The summed E-state index contributed by atoms with van der Waals surface area (Å²) in [5, 5.41) is 1.24. The van der Waals surface area contributed by atoms with E-state index in [-0.39, 0.29) is 0 Å². The summed E-state index contributed by atoms with van der Waals surface area (Å²) in [5.41, 5.74) is 8.87. The summed E-state index contributed by atoms with van der Waals surface area (Å²) in [5.74, 6) is 0. The number of fused-ring (bicyclic) bond motifs is 1. The fourth-order valence-corrected chi connectivity index (χ4v) is 3.58. The zero-order valence-corrected chi connectivity index (χ0v) is 15.6. The van der Waals surface area contributed by atoms with Gasteiger partial charge in [0.1, 0.15) is 0 Å². The first-order valence-corrected chi connectivity index (χ1v) is 9.37. The molecule has 2 heterocycles. The number of hydrogen-bond acceptors (Lipinski definition) is 2. The Labute approximate surface area is 163 Å². The largest absolute Gasteiger partial charge is 0.351 e. The van der Waals surface area contributed by atoms with Crippen molar-refractivity contribution in [3.63, 3.8) is 0 Å². The van der Waals surface area contributed by atoms with Crippen LogP contribution in [0, 0.1) is 0 Å². The molecule has 6 nitrogen and oxygen atoms in total. The Kier molecular flexibility index (Phi) is 5.10. The van der Waals surface area contributed by atoms with Crippen LogP contribution in [-0.2, 0) is 13.1 Å². The average Bonchev–Trinajstić information content (AvgIpc) is 3.35. The second kappa shape index (κ2) is 8.00. The molecule has 142 valence electrons. The first-order chi connectivity index (χ1) is 13.7. The molecule has 4 rings (SSSR count). The molecule has 0 saturated heterocycles. The van der Waals surface area contributed by atoms with Gasteiger partial charge in [0.15, 0.2) is 0 Å². The lowest BCUT2D eigenvalue weighted by Crippen LogP contribution is -2.36. The third kappa shape index (κ3) is 3.76. The van der Waals surface area contributed by atoms with Crippen LogP contribution in [0.15, 0.2) is 79.5 Å². The van der Waals surface area contributed by atoms with Crippen LogP contribution < -0.4 is 10.6 Å². The molecule has 2 aromatic heterocycles. The number of carbonyl (C=O) groups is 1. The fraction of sp³-hybridized carbons (Fsp3) is 0.182. The highest BCUT2D eigenvalue weighted by atomic mass is 16.2. The maximum Gasteiger partial charge on any atom is 0.319 e. The van der Waals surface area contributed by atoms with Crippen LogP contribution in [0.4, 0.5) is 10.5 Å². The summed E-state index contributed by atoms with van der Waals surface area (Å²) < 4.78 is 4.32. The van der Waals surface area contributed by atoms with E-state index < -0.39 is 6.03 Å². The van der Waals surface area contributed by atoms with Crippen LogP contribution in [0.25, 0.3) is 10.9 Å². The minimum atomic E-state index is -0.427. The van der Waals surface area contributed by atoms with E-state index in [1.165, 1.54) is 16.5 Å². The van der Waals surface area contributed by atoms with Crippen molar-refractivity contribution in [2.24, 2.45) is 5.73 Å². The van der Waals surface area contributed by atoms with Crippen LogP contribution in [0.3, 0.4) is 0 Å². The van der Waals surface area contributed by atoms with Crippen molar-refractivity contribution < 1.29 is 4.79 Å². The van der Waals surface area contributed by atoms with Gasteiger partial charge in [0.05, 0.1) is 12.9 Å². The van der Waals surface area contributed by atoms with Gasteiger partial charge in [-0.2, -0.15) is 0 Å². The van der Waals surface area contributed by atoms with Gasteiger partial charge in [0.25, 0.3) is 0 Å². The monoisotopic (exact) mass is 373 g/mol. The van der Waals surface area contributed by atoms with Gasteiger partial charge < -0.3 is 14.9 Å². The fourth-order valence-electron chi connectivity index (χ4n) is 3.58. The third-order valence-corrected chi connectivity index (χ3v) is 4.90. The highest BCUT2D eigenvalue weighted by molar-refractivity contribution is 5.90. The predicted molar refractivity (Wildman–Crippen MR) is 111 cm³/mol. The highest BCUT2D eigenvalue weighted by Crippen LogP contribution is 2.23. The number of rotatable bonds is 7. The molecule has 0 radical (unpaired) electrons. The molecule has 0 bridgehead atoms. The van der Waals surface area contributed by atoms with Crippen molar-refractivity contribution in [3.05, 3.63) is 85.1 Å². The van der Waals surface area contributed by atoms with Gasteiger partial charge in [-0.25, -0.2) is 9.78 Å². The van der Waals surface area contributed by atoms with E-state index in [1.807, 2.05) is 42.9 Å². The van der Waals surface area contributed by atoms with Gasteiger partial charge in [-0.3, -0.25) is 4.90 Å². The summed E-state index contributed by atoms with van der Waals surface area (Å²) >= 11 is 0. The van der Waals surface area contributed by atoms with E-state index >= 15 is 0 Å². The maximum absolute atomic E-state index is 11.9. The highest BCUT2D eigenvalue weighted by Gasteiger charge is 2.13. The zero-order valence-electron chi connectivity index (χ0n) is 15.6. The van der Waals surface area contributed by atoms with Crippen LogP contribution in [0.1, 0.15) is 12.0 Å². The average molecular weight is 373 g/mol. The molecule has 0 atom stereocenters. The molecular weight excluding hydrogens is 350 g/mol. The van der Waals surface area contributed by atoms with Crippen molar-refractivity contribution in [2.75, 3.05) is 11.4 Å². The maximum atomic E-state index is 11.9. The van der Waals surface area contributed by atoms with Crippen molar-refractivity contribution >= 4 is 22.6 Å². The number of aromatic nitrogens is 3. The van der Waals surface area contributed by atoms with E-state index in [1.54, 1.807) is 11.1 Å². The normalized spacial score (nSPS) is 11.0. The number of imidazole rings is 1. The Balaban J connectivity index is 1.51. The lowest BCUT2D eigenvalue weighted by molar-refractivity contribution is 0.253. The molecule has 0 aliphatic carbocycles. The molecule has 2 amide bonds. The van der Waals surface area contributed by atoms with Gasteiger partial charge in [-0.05, 0) is 30.2 Å². The van der Waals surface area contributed by atoms with Crippen molar-refractivity contribution in [3.8, 4) is 0 Å². The van der Waals surface area contributed by atoms with Crippen LogP contribution in [-0.4, -0.2) is 26.7 Å². The smallest absolute Gasteiger partial charge is 0.319 e. The Morgan fingerprint density at radius 2 is 1.86 bits per heavy atom. The summed E-state index contributed by atoms with van der Waals surface area (Å²) in [6, 6.07) is 17.5. The van der Waals surface area contributed by atoms with E-state index in [9.17, 15) is 4.79 Å². The molecule has 0 aliphatic heterocycles. The summed E-state index contributed by atoms with van der Waals surface area (Å²) in [4.78, 5) is 17.6. The minimum absolute atomic E-state index is 0.427. The lowest BCUT2D eigenvalue weighted by Gasteiger charge is -2.20. The number of aryl methyl sites for hydroxylation is 1. The number of para-hydroxylation sites is 2. The molecule has 2 aromatic carbocycles. The topological polar surface area (TPSA) is 69.1 Å². The van der Waals surface area contributed by atoms with E-state index in [0.29, 0.717) is 6.54 Å². The van der Waals surface area contributed by atoms with Crippen LogP contribution in [0.5, 0.6) is 0 Å². The third-order valence-electron chi connectivity index (χ3n) is 4.90. The molecule has 28 heavy (non-hydrogen) atoms. The van der Waals surface area contributed by atoms with E-state index in [2.05, 4.69) is 44.6 Å². The Morgan fingerprint density at radius 3 is 2.61 bits per heavy atom. The number of primary amides is 1. The molecule has 0 unspecified atom stereocenters. The van der Waals surface area contributed by atoms with Gasteiger partial charge in [0, 0.05) is 48.3 Å². The first kappa shape index (κ1) is 17.9. The number of anilines is 1. The number of hydrogen-bond donors (Lipinski definition) is 1. The van der Waals surface area contributed by atoms with Gasteiger partial charge in [-0.1, -0.05) is 36.4 Å². The summed E-state index contributed by atoms with van der Waals surface area (Å²) in [6.45, 7) is 2.16. The molecule has 0 aliphatic rings. The number of benzene rings is 2. The standard InChI is InChI=1S/C22H23N5O/c23-22(28)27(19-7-2-1-3-8-19)13-6-12-26-16-18(15-25-14-11-24-17-25)20-9-4-5-10-21(20)26/h1-5,7-11,14,16-17H,6,12-13,15H2,(H2,23,28). The lowest BCUT2D eigenvalue weighted by atomic mass is 10.2. The molecule has 0 saturated carbocycles. The van der Waals surface area contributed by atoms with Crippen molar-refractivity contribution in [1.29, 1.82) is 0 Å². The molecule has 0 fully saturated rings. The van der Waals surface area contributed by atoms with Gasteiger partial charge >= 0.3 is 6.03 Å². The SMILES string of the molecule is NC(=O)N(CCCn1cc(Cn2ccnc2)c2ccccc21)c1ccccc1. The van der Waals surface area contributed by atoms with Crippen molar-refractivity contribution in [2.45, 2.75) is 19.5 Å². The first-order valence-electron chi connectivity index (χ1n) is 9.37. The number of amides is 2. The number of nitrogens with zero attached hydrogens (tertiary/aromatic N) is 4. The van der Waals surface area contributed by atoms with E-state index in [4.69, 9.17) is 5.73 Å². The zero-order chi connectivity index (χ0) is 19.3. The molecule has 2 N–H and O–H groups in total. The molecule has 6 heteroatoms. The second-order valence-electron chi connectivity index (χ2n) is 6.78. The Bertz CT molecular complexity index is 1050. The Morgan fingerprint density at radius 1 is 1.07 bits per heavy atom. The van der Waals surface area contributed by atoms with Gasteiger partial charge in [-0.15, -0.1) is 0 Å². The van der Waals surface area contributed by atoms with Crippen molar-refractivity contribution in [1.82, 2.24) is 14.1 Å². The predicted octanol–water partition coefficient (Wildman–Crippen LogP) is 3.86. The quantitative estimate of drug-likeness (QED) is 0.534. The molecular formula is C22H23N5O. The number of urea groups is 1. The Hall–Kier alpha value is -3.54. The number of nitrogens with two attached hydrogens (primary N) is 1. The van der Waals surface area contributed by atoms with E-state index in [0.717, 1.165) is 25.2 Å². The van der Waals surface area contributed by atoms with Crippen LogP contribution >= 0.6 is 0 Å². The molecule has 4 aromatic rings. The summed E-state index contributed by atoms with van der Waals surface area (Å²) in [6.07, 6.45) is 8.59. The minimum Gasteiger partial charge on any atom is -0.351 e.